The number of rotatable bonds is 1. The highest BCUT2D eigenvalue weighted by Gasteiger charge is 2.11. The lowest BCUT2D eigenvalue weighted by Gasteiger charge is -1.98. The monoisotopic (exact) mass is 173 g/mol. The van der Waals surface area contributed by atoms with Gasteiger partial charge in [0.1, 0.15) is 4.90 Å². The quantitative estimate of drug-likeness (QED) is 0.633. The molecule has 0 radical (unpaired) electrons. The highest BCUT2D eigenvalue weighted by atomic mass is 32.2. The maximum atomic E-state index is 10.6. The van der Waals surface area contributed by atoms with Gasteiger partial charge in [-0.25, -0.2) is 0 Å². The summed E-state index contributed by atoms with van der Waals surface area (Å²) in [4.78, 5) is 3.43. The highest BCUT2D eigenvalue weighted by Crippen LogP contribution is 2.10. The Balaban J connectivity index is 3.37. The molecule has 0 aliphatic heterocycles. The third kappa shape index (κ3) is 1.75. The van der Waals surface area contributed by atoms with E-state index in [9.17, 15) is 8.42 Å². The van der Waals surface area contributed by atoms with Gasteiger partial charge < -0.3 is 0 Å². The summed E-state index contributed by atoms with van der Waals surface area (Å²) in [6.07, 6.45) is 2.58. The van der Waals surface area contributed by atoms with Crippen molar-refractivity contribution < 1.29 is 13.0 Å². The summed E-state index contributed by atoms with van der Waals surface area (Å²) in [6, 6.07) is 1.52. The molecule has 0 saturated carbocycles. The third-order valence-corrected chi connectivity index (χ3v) is 2.25. The summed E-state index contributed by atoms with van der Waals surface area (Å²) in [7, 11) is -4.10. The van der Waals surface area contributed by atoms with Crippen molar-refractivity contribution in [1.29, 1.82) is 0 Å². The van der Waals surface area contributed by atoms with Gasteiger partial charge in [0.05, 0.1) is 0 Å². The van der Waals surface area contributed by atoms with Gasteiger partial charge in [-0.2, -0.15) is 8.42 Å². The minimum absolute atomic E-state index is 0.139. The molecule has 0 atom stereocenters. The van der Waals surface area contributed by atoms with Gasteiger partial charge in [0.25, 0.3) is 10.1 Å². The molecule has 1 N–H and O–H groups in total. The number of hydrogen-bond acceptors (Lipinski definition) is 3. The van der Waals surface area contributed by atoms with Crippen LogP contribution in [0.4, 0.5) is 0 Å². The standard InChI is InChI=1S/C6H7NO3S/c1-5-2-3-7-4-6(5)11(8,9)10/h2-4H,1H3,(H,8,9,10). The van der Waals surface area contributed by atoms with Crippen LogP contribution in [0.3, 0.4) is 0 Å². The molecule has 1 heterocycles. The second-order valence-corrected chi connectivity index (χ2v) is 3.51. The van der Waals surface area contributed by atoms with Crippen LogP contribution >= 0.6 is 0 Å². The zero-order chi connectivity index (χ0) is 8.48. The van der Waals surface area contributed by atoms with Crippen LogP contribution in [-0.4, -0.2) is 18.0 Å². The molecule has 0 aliphatic carbocycles. The van der Waals surface area contributed by atoms with E-state index < -0.39 is 10.1 Å². The molecule has 0 amide bonds. The molecule has 0 unspecified atom stereocenters. The van der Waals surface area contributed by atoms with Crippen molar-refractivity contribution in [1.82, 2.24) is 4.98 Å². The Labute approximate surface area is 64.6 Å². The SMILES string of the molecule is Cc1ccncc1S(=O)(=O)O. The normalized spacial score (nSPS) is 11.5. The molecule has 0 saturated heterocycles. The zero-order valence-electron chi connectivity index (χ0n) is 5.85. The molecule has 1 aromatic heterocycles. The number of aryl methyl sites for hydroxylation is 1. The maximum Gasteiger partial charge on any atom is 0.296 e. The fourth-order valence-corrected chi connectivity index (χ4v) is 1.39. The first-order valence-corrected chi connectivity index (χ1v) is 4.34. The molecular formula is C6H7NO3S. The summed E-state index contributed by atoms with van der Waals surface area (Å²) < 4.78 is 29.7. The molecule has 4 nitrogen and oxygen atoms in total. The molecule has 5 heteroatoms. The molecule has 0 fully saturated rings. The lowest BCUT2D eigenvalue weighted by Crippen LogP contribution is -2.00. The Morgan fingerprint density at radius 3 is 2.55 bits per heavy atom. The lowest BCUT2D eigenvalue weighted by atomic mass is 10.3. The fourth-order valence-electron chi connectivity index (χ4n) is 0.720. The van der Waals surface area contributed by atoms with Crippen molar-refractivity contribution in [2.45, 2.75) is 11.8 Å². The molecule has 0 aromatic carbocycles. The van der Waals surface area contributed by atoms with Gasteiger partial charge in [0.15, 0.2) is 0 Å². The van der Waals surface area contributed by atoms with E-state index in [0.717, 1.165) is 6.20 Å². The Bertz CT molecular complexity index is 358. The van der Waals surface area contributed by atoms with Gasteiger partial charge in [-0.1, -0.05) is 0 Å². The third-order valence-electron chi connectivity index (χ3n) is 1.27. The van der Waals surface area contributed by atoms with Crippen molar-refractivity contribution in [3.05, 3.63) is 24.0 Å². The summed E-state index contributed by atoms with van der Waals surface area (Å²) in [5, 5.41) is 0. The van der Waals surface area contributed by atoms with E-state index >= 15 is 0 Å². The van der Waals surface area contributed by atoms with Crippen LogP contribution < -0.4 is 0 Å². The van der Waals surface area contributed by atoms with E-state index in [1.54, 1.807) is 6.92 Å². The van der Waals surface area contributed by atoms with Gasteiger partial charge >= 0.3 is 0 Å². The molecule has 60 valence electrons. The van der Waals surface area contributed by atoms with Gasteiger partial charge in [-0.15, -0.1) is 0 Å². The van der Waals surface area contributed by atoms with Crippen molar-refractivity contribution in [3.8, 4) is 0 Å². The van der Waals surface area contributed by atoms with Crippen LogP contribution in [0.15, 0.2) is 23.4 Å². The average molecular weight is 173 g/mol. The highest BCUT2D eigenvalue weighted by molar-refractivity contribution is 7.85. The number of nitrogens with zero attached hydrogens (tertiary/aromatic N) is 1. The van der Waals surface area contributed by atoms with Crippen molar-refractivity contribution in [2.75, 3.05) is 0 Å². The van der Waals surface area contributed by atoms with Gasteiger partial charge in [-0.3, -0.25) is 9.54 Å². The molecule has 11 heavy (non-hydrogen) atoms. The van der Waals surface area contributed by atoms with Crippen LogP contribution in [-0.2, 0) is 10.1 Å². The maximum absolute atomic E-state index is 10.6. The molecular weight excluding hydrogens is 166 g/mol. The van der Waals surface area contributed by atoms with Crippen LogP contribution in [0.2, 0.25) is 0 Å². The lowest BCUT2D eigenvalue weighted by molar-refractivity contribution is 0.482. The summed E-state index contributed by atoms with van der Waals surface area (Å²) in [5.74, 6) is 0. The first-order chi connectivity index (χ1) is 5.02. The average Bonchev–Trinajstić information content (AvgIpc) is 1.86. The first kappa shape index (κ1) is 8.16. The van der Waals surface area contributed by atoms with E-state index in [4.69, 9.17) is 4.55 Å². The van der Waals surface area contributed by atoms with Crippen molar-refractivity contribution in [2.24, 2.45) is 0 Å². The van der Waals surface area contributed by atoms with Crippen molar-refractivity contribution >= 4 is 10.1 Å². The topological polar surface area (TPSA) is 67.3 Å². The second kappa shape index (κ2) is 2.60. The fraction of sp³-hybridized carbons (Fsp3) is 0.167. The van der Waals surface area contributed by atoms with Crippen LogP contribution in [0, 0.1) is 6.92 Å². The van der Waals surface area contributed by atoms with E-state index in [1.807, 2.05) is 0 Å². The molecule has 0 spiro atoms. The molecule has 0 aliphatic rings. The zero-order valence-corrected chi connectivity index (χ0v) is 6.67. The minimum Gasteiger partial charge on any atom is -0.282 e. The molecule has 0 bridgehead atoms. The van der Waals surface area contributed by atoms with Crippen LogP contribution in [0.25, 0.3) is 0 Å². The Morgan fingerprint density at radius 1 is 1.55 bits per heavy atom. The largest absolute Gasteiger partial charge is 0.296 e. The predicted molar refractivity (Wildman–Crippen MR) is 38.8 cm³/mol. The van der Waals surface area contributed by atoms with E-state index in [2.05, 4.69) is 4.98 Å². The number of hydrogen-bond donors (Lipinski definition) is 1. The molecule has 1 rings (SSSR count). The minimum atomic E-state index is -4.10. The first-order valence-electron chi connectivity index (χ1n) is 2.90. The van der Waals surface area contributed by atoms with E-state index in [1.165, 1.54) is 12.3 Å². The summed E-state index contributed by atoms with van der Waals surface area (Å²) in [5.41, 5.74) is 0.488. The van der Waals surface area contributed by atoms with Gasteiger partial charge in [-0.05, 0) is 18.6 Å². The van der Waals surface area contributed by atoms with Gasteiger partial charge in [0, 0.05) is 12.4 Å². The predicted octanol–water partition coefficient (Wildman–Crippen LogP) is 0.637. The van der Waals surface area contributed by atoms with E-state index in [0.29, 0.717) is 5.56 Å². The Morgan fingerprint density at radius 2 is 2.18 bits per heavy atom. The van der Waals surface area contributed by atoms with Crippen molar-refractivity contribution in [3.63, 3.8) is 0 Å². The van der Waals surface area contributed by atoms with E-state index in [-0.39, 0.29) is 4.90 Å². The molecule has 1 aromatic rings. The number of aromatic nitrogens is 1. The number of pyridine rings is 1. The summed E-state index contributed by atoms with van der Waals surface area (Å²) >= 11 is 0. The van der Waals surface area contributed by atoms with Crippen LogP contribution in [0.5, 0.6) is 0 Å². The summed E-state index contributed by atoms with van der Waals surface area (Å²) in [6.45, 7) is 1.59. The van der Waals surface area contributed by atoms with Gasteiger partial charge in [0.2, 0.25) is 0 Å². The second-order valence-electron chi connectivity index (χ2n) is 2.12. The smallest absolute Gasteiger partial charge is 0.282 e. The van der Waals surface area contributed by atoms with Crippen LogP contribution in [0.1, 0.15) is 5.56 Å². The Hall–Kier alpha value is -0.940. The Kier molecular flexibility index (Phi) is 1.92.